The molecule has 0 saturated carbocycles. The quantitative estimate of drug-likeness (QED) is 0.699. The number of hydrogen-bond acceptors (Lipinski definition) is 4. The summed E-state index contributed by atoms with van der Waals surface area (Å²) in [7, 11) is 1.39. The van der Waals surface area contributed by atoms with Crippen molar-refractivity contribution in [1.82, 2.24) is 4.98 Å². The second-order valence-electron chi connectivity index (χ2n) is 3.07. The van der Waals surface area contributed by atoms with Crippen LogP contribution in [0.1, 0.15) is 30.5 Å². The molecule has 3 nitrogen and oxygen atoms in total. The number of hydrogen-bond donors (Lipinski definition) is 0. The number of carbonyl (C=O) groups is 1. The van der Waals surface area contributed by atoms with E-state index in [2.05, 4.69) is 23.6 Å². The van der Waals surface area contributed by atoms with E-state index in [1.54, 1.807) is 0 Å². The fraction of sp³-hybridized carbons (Fsp3) is 0.556. The van der Waals surface area contributed by atoms with Crippen LogP contribution < -0.4 is 0 Å². The van der Waals surface area contributed by atoms with Crippen LogP contribution in [0, 0.1) is 0 Å². The van der Waals surface area contributed by atoms with Gasteiger partial charge in [0.2, 0.25) is 0 Å². The van der Waals surface area contributed by atoms with Crippen LogP contribution in [0.3, 0.4) is 0 Å². The lowest BCUT2D eigenvalue weighted by molar-refractivity contribution is -0.139. The van der Waals surface area contributed by atoms with Gasteiger partial charge in [-0.15, -0.1) is 11.3 Å². The van der Waals surface area contributed by atoms with Crippen molar-refractivity contribution in [3.05, 3.63) is 16.1 Å². The average molecular weight is 199 g/mol. The zero-order valence-corrected chi connectivity index (χ0v) is 8.85. The van der Waals surface area contributed by atoms with Gasteiger partial charge < -0.3 is 4.74 Å². The molecule has 4 heteroatoms. The summed E-state index contributed by atoms with van der Waals surface area (Å²) < 4.78 is 4.55. The molecule has 13 heavy (non-hydrogen) atoms. The summed E-state index contributed by atoms with van der Waals surface area (Å²) in [6.07, 6.45) is 0.286. The Morgan fingerprint density at radius 1 is 1.69 bits per heavy atom. The molecule has 1 aromatic rings. The summed E-state index contributed by atoms with van der Waals surface area (Å²) >= 11 is 1.51. The number of ether oxygens (including phenoxy) is 1. The van der Waals surface area contributed by atoms with E-state index in [9.17, 15) is 4.79 Å². The van der Waals surface area contributed by atoms with Crippen molar-refractivity contribution in [2.45, 2.75) is 26.2 Å². The summed E-state index contributed by atoms with van der Waals surface area (Å²) in [5.74, 6) is 0.187. The predicted molar refractivity (Wildman–Crippen MR) is 51.9 cm³/mol. The fourth-order valence-corrected chi connectivity index (χ4v) is 1.81. The molecule has 0 aliphatic rings. The summed E-state index contributed by atoms with van der Waals surface area (Å²) in [6.45, 7) is 4.16. The van der Waals surface area contributed by atoms with Gasteiger partial charge >= 0.3 is 5.97 Å². The number of methoxy groups -OCH3 is 1. The zero-order chi connectivity index (χ0) is 9.84. The lowest BCUT2D eigenvalue weighted by Crippen LogP contribution is -2.04. The molecule has 72 valence electrons. The maximum atomic E-state index is 10.9. The minimum atomic E-state index is -0.232. The van der Waals surface area contributed by atoms with Gasteiger partial charge in [0.1, 0.15) is 5.01 Å². The summed E-state index contributed by atoms with van der Waals surface area (Å²) in [5.41, 5.74) is 1.05. The molecule has 0 spiro atoms. The van der Waals surface area contributed by atoms with Gasteiger partial charge in [0, 0.05) is 5.38 Å². The maximum absolute atomic E-state index is 10.9. The zero-order valence-electron chi connectivity index (χ0n) is 8.03. The first-order valence-corrected chi connectivity index (χ1v) is 5.02. The molecule has 1 aromatic heterocycles. The van der Waals surface area contributed by atoms with E-state index in [-0.39, 0.29) is 12.4 Å². The Morgan fingerprint density at radius 3 is 2.85 bits per heavy atom. The molecule has 0 N–H and O–H groups in total. The molecule has 1 rings (SSSR count). The van der Waals surface area contributed by atoms with Crippen molar-refractivity contribution in [1.29, 1.82) is 0 Å². The Morgan fingerprint density at radius 2 is 2.38 bits per heavy atom. The molecule has 0 aromatic carbocycles. The Hall–Kier alpha value is -0.900. The summed E-state index contributed by atoms with van der Waals surface area (Å²) in [6, 6.07) is 0. The van der Waals surface area contributed by atoms with Crippen LogP contribution >= 0.6 is 11.3 Å². The largest absolute Gasteiger partial charge is 0.469 e. The van der Waals surface area contributed by atoms with E-state index in [1.165, 1.54) is 18.4 Å². The highest BCUT2D eigenvalue weighted by molar-refractivity contribution is 7.09. The number of carbonyl (C=O) groups excluding carboxylic acids is 1. The van der Waals surface area contributed by atoms with Crippen LogP contribution in [0.25, 0.3) is 0 Å². The lowest BCUT2D eigenvalue weighted by atomic mass is 10.2. The van der Waals surface area contributed by atoms with Crippen molar-refractivity contribution < 1.29 is 9.53 Å². The van der Waals surface area contributed by atoms with E-state index in [0.717, 1.165) is 10.7 Å². The van der Waals surface area contributed by atoms with Gasteiger partial charge in [-0.05, 0) is 5.92 Å². The Balaban J connectivity index is 2.64. The van der Waals surface area contributed by atoms with Crippen LogP contribution in [-0.4, -0.2) is 18.1 Å². The predicted octanol–water partition coefficient (Wildman–Crippen LogP) is 1.98. The molecule has 0 aliphatic heterocycles. The monoisotopic (exact) mass is 199 g/mol. The van der Waals surface area contributed by atoms with Crippen molar-refractivity contribution >= 4 is 17.3 Å². The topological polar surface area (TPSA) is 39.2 Å². The van der Waals surface area contributed by atoms with Crippen LogP contribution in [-0.2, 0) is 16.0 Å². The highest BCUT2D eigenvalue weighted by atomic mass is 32.1. The van der Waals surface area contributed by atoms with Crippen molar-refractivity contribution in [2.24, 2.45) is 0 Å². The minimum absolute atomic E-state index is 0.232. The highest BCUT2D eigenvalue weighted by Crippen LogP contribution is 2.18. The second kappa shape index (κ2) is 4.37. The van der Waals surface area contributed by atoms with Gasteiger partial charge in [0.25, 0.3) is 0 Å². The van der Waals surface area contributed by atoms with Gasteiger partial charge in [0.05, 0.1) is 19.2 Å². The van der Waals surface area contributed by atoms with E-state index in [0.29, 0.717) is 5.92 Å². The van der Waals surface area contributed by atoms with Gasteiger partial charge in [-0.1, -0.05) is 13.8 Å². The molecule has 0 fully saturated rings. The fourth-order valence-electron chi connectivity index (χ4n) is 0.867. The van der Waals surface area contributed by atoms with Crippen molar-refractivity contribution in [3.63, 3.8) is 0 Å². The highest BCUT2D eigenvalue weighted by Gasteiger charge is 2.09. The molecular formula is C9H13NO2S. The Bertz CT molecular complexity index is 294. The normalized spacial score (nSPS) is 10.5. The van der Waals surface area contributed by atoms with Crippen LogP contribution in [0.4, 0.5) is 0 Å². The first-order chi connectivity index (χ1) is 6.13. The molecular weight excluding hydrogens is 186 g/mol. The van der Waals surface area contributed by atoms with E-state index < -0.39 is 0 Å². The van der Waals surface area contributed by atoms with Crippen LogP contribution in [0.15, 0.2) is 5.38 Å². The Kier molecular flexibility index (Phi) is 3.42. The molecule has 0 amide bonds. The smallest absolute Gasteiger partial charge is 0.312 e. The van der Waals surface area contributed by atoms with E-state index >= 15 is 0 Å². The van der Waals surface area contributed by atoms with Crippen LogP contribution in [0.5, 0.6) is 0 Å². The van der Waals surface area contributed by atoms with Gasteiger partial charge in [-0.25, -0.2) is 4.98 Å². The third-order valence-electron chi connectivity index (χ3n) is 1.68. The molecule has 0 aliphatic carbocycles. The molecule has 0 bridgehead atoms. The van der Waals surface area contributed by atoms with Gasteiger partial charge in [-0.3, -0.25) is 4.79 Å². The number of aromatic nitrogens is 1. The first-order valence-electron chi connectivity index (χ1n) is 4.14. The summed E-state index contributed by atoms with van der Waals surface area (Å²) in [4.78, 5) is 15.2. The van der Waals surface area contributed by atoms with E-state index in [1.807, 2.05) is 5.38 Å². The van der Waals surface area contributed by atoms with Gasteiger partial charge in [0.15, 0.2) is 0 Å². The summed E-state index contributed by atoms with van der Waals surface area (Å²) in [5, 5.41) is 2.82. The minimum Gasteiger partial charge on any atom is -0.469 e. The second-order valence-corrected chi connectivity index (χ2v) is 4.02. The number of nitrogens with zero attached hydrogens (tertiary/aromatic N) is 1. The molecule has 1 heterocycles. The SMILES string of the molecule is COC(=O)Cc1nc(C(C)C)cs1. The van der Waals surface area contributed by atoms with Gasteiger partial charge in [-0.2, -0.15) is 0 Å². The maximum Gasteiger partial charge on any atom is 0.312 e. The van der Waals surface area contributed by atoms with Crippen molar-refractivity contribution in [2.75, 3.05) is 7.11 Å². The van der Waals surface area contributed by atoms with Crippen LogP contribution in [0.2, 0.25) is 0 Å². The Labute approximate surface area is 81.8 Å². The standard InChI is InChI=1S/C9H13NO2S/c1-6(2)7-5-13-8(10-7)4-9(11)12-3/h5-6H,4H2,1-3H3. The third-order valence-corrected chi connectivity index (χ3v) is 2.55. The molecule has 0 radical (unpaired) electrons. The number of rotatable bonds is 3. The van der Waals surface area contributed by atoms with E-state index in [4.69, 9.17) is 0 Å². The molecule has 0 unspecified atom stereocenters. The number of esters is 1. The molecule has 0 atom stereocenters. The lowest BCUT2D eigenvalue weighted by Gasteiger charge is -1.97. The van der Waals surface area contributed by atoms with Crippen molar-refractivity contribution in [3.8, 4) is 0 Å². The molecule has 0 saturated heterocycles. The third kappa shape index (κ3) is 2.81. The number of thiazole rings is 1. The average Bonchev–Trinajstić information content (AvgIpc) is 2.52. The first kappa shape index (κ1) is 10.2.